The highest BCUT2D eigenvalue weighted by Crippen LogP contribution is 2.29. The highest BCUT2D eigenvalue weighted by molar-refractivity contribution is 7.10. The maximum atomic E-state index is 13.6. The molecule has 2 amide bonds. The van der Waals surface area contributed by atoms with Gasteiger partial charge in [-0.3, -0.25) is 14.5 Å². The summed E-state index contributed by atoms with van der Waals surface area (Å²) in [5.74, 6) is -0.338. The summed E-state index contributed by atoms with van der Waals surface area (Å²) < 4.78 is 0. The average molecular weight is 455 g/mol. The van der Waals surface area contributed by atoms with E-state index in [2.05, 4.69) is 5.32 Å². The lowest BCUT2D eigenvalue weighted by Crippen LogP contribution is -2.44. The molecule has 0 bridgehead atoms. The van der Waals surface area contributed by atoms with Crippen molar-refractivity contribution in [3.05, 3.63) is 124 Å². The fraction of sp³-hybridized carbons (Fsp3) is 0.143. The zero-order valence-electron chi connectivity index (χ0n) is 18.5. The Labute approximate surface area is 198 Å². The molecule has 1 aromatic heterocycles. The summed E-state index contributed by atoms with van der Waals surface area (Å²) in [6.07, 6.45) is 0.237. The molecule has 4 nitrogen and oxygen atoms in total. The minimum Gasteiger partial charge on any atom is -0.350 e. The van der Waals surface area contributed by atoms with Gasteiger partial charge in [-0.1, -0.05) is 84.4 Å². The molecular weight excluding hydrogens is 428 g/mol. The van der Waals surface area contributed by atoms with Crippen molar-refractivity contribution in [2.24, 2.45) is 0 Å². The second kappa shape index (κ2) is 10.7. The highest BCUT2D eigenvalue weighted by atomic mass is 32.1. The highest BCUT2D eigenvalue weighted by Gasteiger charge is 2.32. The van der Waals surface area contributed by atoms with Crippen LogP contribution < -0.4 is 10.2 Å². The maximum absolute atomic E-state index is 13.6. The van der Waals surface area contributed by atoms with E-state index in [1.807, 2.05) is 109 Å². The van der Waals surface area contributed by atoms with Crippen LogP contribution in [0, 0.1) is 6.92 Å². The molecule has 0 aliphatic rings. The summed E-state index contributed by atoms with van der Waals surface area (Å²) in [5.41, 5.74) is 3.56. The number of carbonyl (C=O) groups excluding carboxylic acids is 2. The van der Waals surface area contributed by atoms with Gasteiger partial charge < -0.3 is 5.32 Å². The van der Waals surface area contributed by atoms with Gasteiger partial charge in [0.2, 0.25) is 11.8 Å². The molecule has 0 spiro atoms. The summed E-state index contributed by atoms with van der Waals surface area (Å²) in [5, 5.41) is 5.00. The largest absolute Gasteiger partial charge is 0.350 e. The molecule has 0 saturated carbocycles. The molecule has 33 heavy (non-hydrogen) atoms. The summed E-state index contributed by atoms with van der Waals surface area (Å²) in [6, 6.07) is 30.1. The van der Waals surface area contributed by atoms with Crippen molar-refractivity contribution >= 4 is 28.8 Å². The van der Waals surface area contributed by atoms with Crippen molar-refractivity contribution in [2.45, 2.75) is 25.9 Å². The van der Waals surface area contributed by atoms with E-state index in [0.717, 1.165) is 21.6 Å². The Balaban J connectivity index is 1.71. The average Bonchev–Trinajstić information content (AvgIpc) is 3.36. The van der Waals surface area contributed by atoms with Crippen LogP contribution in [0.15, 0.2) is 102 Å². The van der Waals surface area contributed by atoms with Gasteiger partial charge in [0.25, 0.3) is 0 Å². The van der Waals surface area contributed by atoms with Gasteiger partial charge in [-0.2, -0.15) is 0 Å². The predicted molar refractivity (Wildman–Crippen MR) is 134 cm³/mol. The fourth-order valence-corrected chi connectivity index (χ4v) is 4.42. The Kier molecular flexibility index (Phi) is 7.33. The van der Waals surface area contributed by atoms with E-state index in [-0.39, 0.29) is 18.2 Å². The lowest BCUT2D eigenvalue weighted by atomic mass is 10.0. The smallest absolute Gasteiger partial charge is 0.248 e. The lowest BCUT2D eigenvalue weighted by molar-refractivity contribution is -0.126. The van der Waals surface area contributed by atoms with Gasteiger partial charge in [0.1, 0.15) is 6.04 Å². The van der Waals surface area contributed by atoms with Crippen molar-refractivity contribution in [1.82, 2.24) is 5.32 Å². The molecule has 1 N–H and O–H groups in total. The molecule has 1 heterocycles. The topological polar surface area (TPSA) is 49.4 Å². The number of benzene rings is 3. The molecule has 0 radical (unpaired) electrons. The minimum absolute atomic E-state index is 0.120. The van der Waals surface area contributed by atoms with Gasteiger partial charge in [-0.25, -0.2) is 0 Å². The molecular formula is C28H26N2O2S. The molecule has 1 unspecified atom stereocenters. The van der Waals surface area contributed by atoms with E-state index in [1.54, 1.807) is 16.2 Å². The van der Waals surface area contributed by atoms with Gasteiger partial charge >= 0.3 is 0 Å². The number of thiophene rings is 1. The van der Waals surface area contributed by atoms with Gasteiger partial charge in [0.05, 0.1) is 6.42 Å². The third kappa shape index (κ3) is 5.76. The zero-order chi connectivity index (χ0) is 23.0. The molecule has 5 heteroatoms. The van der Waals surface area contributed by atoms with Crippen LogP contribution in [0.4, 0.5) is 5.69 Å². The predicted octanol–water partition coefficient (Wildman–Crippen LogP) is 5.69. The first-order valence-corrected chi connectivity index (χ1v) is 11.8. The van der Waals surface area contributed by atoms with Crippen LogP contribution in [0.5, 0.6) is 0 Å². The summed E-state index contributed by atoms with van der Waals surface area (Å²) in [7, 11) is 0. The number of hydrogen-bond donors (Lipinski definition) is 1. The van der Waals surface area contributed by atoms with Crippen LogP contribution in [0.2, 0.25) is 0 Å². The van der Waals surface area contributed by atoms with Crippen LogP contribution in [0.1, 0.15) is 27.6 Å². The first-order chi connectivity index (χ1) is 16.1. The van der Waals surface area contributed by atoms with E-state index in [0.29, 0.717) is 12.2 Å². The second-order valence-corrected chi connectivity index (χ2v) is 8.90. The standard InChI is InChI=1S/C28H26N2O2S/c1-21-14-16-24(17-15-21)30(26(31)19-25-13-8-18-33-25)27(23-11-6-3-7-12-23)28(32)29-20-22-9-4-2-5-10-22/h2-18,27H,19-20H2,1H3,(H,29,32). The summed E-state index contributed by atoms with van der Waals surface area (Å²) >= 11 is 1.54. The van der Waals surface area contributed by atoms with Crippen LogP contribution in [0.3, 0.4) is 0 Å². The quantitative estimate of drug-likeness (QED) is 0.372. The van der Waals surface area contributed by atoms with E-state index < -0.39 is 6.04 Å². The second-order valence-electron chi connectivity index (χ2n) is 7.87. The fourth-order valence-electron chi connectivity index (χ4n) is 3.72. The monoisotopic (exact) mass is 454 g/mol. The van der Waals surface area contributed by atoms with Gasteiger partial charge in [0.15, 0.2) is 0 Å². The molecule has 0 aliphatic heterocycles. The maximum Gasteiger partial charge on any atom is 0.248 e. The Morgan fingerprint density at radius 2 is 1.52 bits per heavy atom. The zero-order valence-corrected chi connectivity index (χ0v) is 19.3. The number of rotatable bonds is 8. The van der Waals surface area contributed by atoms with Crippen molar-refractivity contribution in [3.8, 4) is 0 Å². The number of nitrogens with one attached hydrogen (secondary N) is 1. The van der Waals surface area contributed by atoms with Crippen LogP contribution in [-0.2, 0) is 22.6 Å². The molecule has 4 aromatic rings. The number of aryl methyl sites for hydroxylation is 1. The van der Waals surface area contributed by atoms with Crippen LogP contribution in [-0.4, -0.2) is 11.8 Å². The summed E-state index contributed by atoms with van der Waals surface area (Å²) in [6.45, 7) is 2.40. The Morgan fingerprint density at radius 1 is 0.848 bits per heavy atom. The Hall–Kier alpha value is -3.70. The van der Waals surface area contributed by atoms with Crippen molar-refractivity contribution < 1.29 is 9.59 Å². The third-order valence-electron chi connectivity index (χ3n) is 5.42. The number of amides is 2. The van der Waals surface area contributed by atoms with Crippen LogP contribution in [0.25, 0.3) is 0 Å². The molecule has 166 valence electrons. The SMILES string of the molecule is Cc1ccc(N(C(=O)Cc2cccs2)C(C(=O)NCc2ccccc2)c2ccccc2)cc1. The Bertz CT molecular complexity index is 1170. The lowest BCUT2D eigenvalue weighted by Gasteiger charge is -2.31. The van der Waals surface area contributed by atoms with Crippen molar-refractivity contribution in [2.75, 3.05) is 4.90 Å². The Morgan fingerprint density at radius 3 is 2.15 bits per heavy atom. The first-order valence-electron chi connectivity index (χ1n) is 10.9. The summed E-state index contributed by atoms with van der Waals surface area (Å²) in [4.78, 5) is 29.8. The van der Waals surface area contributed by atoms with Crippen molar-refractivity contribution in [1.29, 1.82) is 0 Å². The molecule has 0 saturated heterocycles. The molecule has 3 aromatic carbocycles. The molecule has 4 rings (SSSR count). The number of anilines is 1. The minimum atomic E-state index is -0.787. The van der Waals surface area contributed by atoms with Gasteiger partial charge in [-0.05, 0) is 41.6 Å². The van der Waals surface area contributed by atoms with Gasteiger partial charge in [-0.15, -0.1) is 11.3 Å². The van der Waals surface area contributed by atoms with E-state index in [9.17, 15) is 9.59 Å². The van der Waals surface area contributed by atoms with Crippen molar-refractivity contribution in [3.63, 3.8) is 0 Å². The van der Waals surface area contributed by atoms with Gasteiger partial charge in [0, 0.05) is 17.1 Å². The molecule has 0 fully saturated rings. The van der Waals surface area contributed by atoms with E-state index in [4.69, 9.17) is 0 Å². The molecule has 1 atom stereocenters. The number of hydrogen-bond acceptors (Lipinski definition) is 3. The normalized spacial score (nSPS) is 11.5. The number of nitrogens with zero attached hydrogens (tertiary/aromatic N) is 1. The molecule has 0 aliphatic carbocycles. The van der Waals surface area contributed by atoms with E-state index in [1.165, 1.54) is 0 Å². The van der Waals surface area contributed by atoms with E-state index >= 15 is 0 Å². The van der Waals surface area contributed by atoms with Crippen LogP contribution >= 0.6 is 11.3 Å². The first kappa shape index (κ1) is 22.5. The third-order valence-corrected chi connectivity index (χ3v) is 6.29. The number of carbonyl (C=O) groups is 2.